The minimum absolute atomic E-state index is 0.261. The molecule has 1 unspecified atom stereocenters. The maximum absolute atomic E-state index is 5.67. The van der Waals surface area contributed by atoms with Gasteiger partial charge >= 0.3 is 0 Å². The first-order valence-electron chi connectivity index (χ1n) is 3.99. The van der Waals surface area contributed by atoms with Gasteiger partial charge in [-0.3, -0.25) is 0 Å². The Morgan fingerprint density at radius 2 is 2.18 bits per heavy atom. The van der Waals surface area contributed by atoms with Crippen molar-refractivity contribution < 1.29 is 0 Å². The van der Waals surface area contributed by atoms with Gasteiger partial charge < -0.3 is 5.73 Å². The van der Waals surface area contributed by atoms with Crippen LogP contribution in [0.2, 0.25) is 0 Å². The second-order valence-corrected chi connectivity index (χ2v) is 3.17. The molecule has 1 aromatic carbocycles. The van der Waals surface area contributed by atoms with Crippen molar-refractivity contribution in [3.05, 3.63) is 35.4 Å². The van der Waals surface area contributed by atoms with Crippen LogP contribution in [0.4, 0.5) is 0 Å². The van der Waals surface area contributed by atoms with E-state index in [0.29, 0.717) is 0 Å². The Labute approximate surface area is 68.2 Å². The minimum Gasteiger partial charge on any atom is -0.328 e. The van der Waals surface area contributed by atoms with Crippen LogP contribution in [-0.4, -0.2) is 6.04 Å². The van der Waals surface area contributed by atoms with E-state index in [1.807, 2.05) is 6.92 Å². The Balaban J connectivity index is 2.71. The highest BCUT2D eigenvalue weighted by Crippen LogP contribution is 2.05. The summed E-state index contributed by atoms with van der Waals surface area (Å²) < 4.78 is 0. The Morgan fingerprint density at radius 3 is 2.73 bits per heavy atom. The molecule has 2 N–H and O–H groups in total. The molecule has 0 heterocycles. The fraction of sp³-hybridized carbons (Fsp3) is 0.400. The van der Waals surface area contributed by atoms with E-state index in [4.69, 9.17) is 5.73 Å². The third kappa shape index (κ3) is 2.72. The summed E-state index contributed by atoms with van der Waals surface area (Å²) in [4.78, 5) is 0. The zero-order chi connectivity index (χ0) is 8.27. The molecular formula is C10H15N. The van der Waals surface area contributed by atoms with Crippen molar-refractivity contribution >= 4 is 0 Å². The SMILES string of the molecule is Cc1cccc(CC(C)N)c1. The van der Waals surface area contributed by atoms with Gasteiger partial charge in [-0.05, 0) is 25.8 Å². The van der Waals surface area contributed by atoms with Crippen LogP contribution in [0.3, 0.4) is 0 Å². The molecule has 11 heavy (non-hydrogen) atoms. The molecule has 0 radical (unpaired) electrons. The molecule has 1 rings (SSSR count). The summed E-state index contributed by atoms with van der Waals surface area (Å²) >= 11 is 0. The average molecular weight is 149 g/mol. The fourth-order valence-electron chi connectivity index (χ4n) is 1.21. The molecule has 1 nitrogen and oxygen atoms in total. The molecule has 0 saturated carbocycles. The molecular weight excluding hydrogens is 134 g/mol. The van der Waals surface area contributed by atoms with Gasteiger partial charge in [0.05, 0.1) is 0 Å². The van der Waals surface area contributed by atoms with E-state index in [-0.39, 0.29) is 6.04 Å². The monoisotopic (exact) mass is 149 g/mol. The van der Waals surface area contributed by atoms with Crippen molar-refractivity contribution in [1.29, 1.82) is 0 Å². The Bertz CT molecular complexity index is 228. The Kier molecular flexibility index (Phi) is 2.66. The molecule has 0 amide bonds. The van der Waals surface area contributed by atoms with E-state index in [0.717, 1.165) is 6.42 Å². The maximum atomic E-state index is 5.67. The van der Waals surface area contributed by atoms with Gasteiger partial charge in [0, 0.05) is 6.04 Å². The van der Waals surface area contributed by atoms with E-state index >= 15 is 0 Å². The van der Waals surface area contributed by atoms with Gasteiger partial charge in [-0.15, -0.1) is 0 Å². The van der Waals surface area contributed by atoms with Gasteiger partial charge in [-0.1, -0.05) is 29.8 Å². The van der Waals surface area contributed by atoms with E-state index in [2.05, 4.69) is 31.2 Å². The van der Waals surface area contributed by atoms with Crippen molar-refractivity contribution in [2.45, 2.75) is 26.3 Å². The highest BCUT2D eigenvalue weighted by molar-refractivity contribution is 5.22. The third-order valence-corrected chi connectivity index (χ3v) is 1.64. The van der Waals surface area contributed by atoms with Crippen LogP contribution in [0.1, 0.15) is 18.1 Å². The van der Waals surface area contributed by atoms with Crippen LogP contribution < -0.4 is 5.73 Å². The first-order valence-corrected chi connectivity index (χ1v) is 3.99. The summed E-state index contributed by atoms with van der Waals surface area (Å²) in [6, 6.07) is 8.74. The lowest BCUT2D eigenvalue weighted by atomic mass is 10.1. The predicted molar refractivity (Wildman–Crippen MR) is 48.5 cm³/mol. The molecule has 0 aliphatic carbocycles. The maximum Gasteiger partial charge on any atom is 0.00509 e. The summed E-state index contributed by atoms with van der Waals surface area (Å²) in [6.45, 7) is 4.13. The number of hydrogen-bond donors (Lipinski definition) is 1. The van der Waals surface area contributed by atoms with E-state index in [9.17, 15) is 0 Å². The zero-order valence-corrected chi connectivity index (χ0v) is 7.17. The molecule has 1 aromatic rings. The zero-order valence-electron chi connectivity index (χ0n) is 7.17. The average Bonchev–Trinajstić information content (AvgIpc) is 1.85. The van der Waals surface area contributed by atoms with Gasteiger partial charge in [-0.25, -0.2) is 0 Å². The molecule has 0 aliphatic heterocycles. The standard InChI is InChI=1S/C10H15N/c1-8-4-3-5-10(6-8)7-9(2)11/h3-6,9H,7,11H2,1-2H3. The number of hydrogen-bond acceptors (Lipinski definition) is 1. The van der Waals surface area contributed by atoms with Gasteiger partial charge in [0.25, 0.3) is 0 Å². The molecule has 0 bridgehead atoms. The molecule has 0 aromatic heterocycles. The van der Waals surface area contributed by atoms with E-state index < -0.39 is 0 Å². The van der Waals surface area contributed by atoms with Crippen LogP contribution in [0.15, 0.2) is 24.3 Å². The lowest BCUT2D eigenvalue weighted by molar-refractivity contribution is 0.738. The number of nitrogens with two attached hydrogens (primary N) is 1. The highest BCUT2D eigenvalue weighted by atomic mass is 14.6. The third-order valence-electron chi connectivity index (χ3n) is 1.64. The fourth-order valence-corrected chi connectivity index (χ4v) is 1.21. The lowest BCUT2D eigenvalue weighted by Crippen LogP contribution is -2.17. The first kappa shape index (κ1) is 8.28. The molecule has 0 fully saturated rings. The summed E-state index contributed by atoms with van der Waals surface area (Å²) in [6.07, 6.45) is 0.974. The smallest absolute Gasteiger partial charge is 0.00509 e. The number of aryl methyl sites for hydroxylation is 1. The van der Waals surface area contributed by atoms with Gasteiger partial charge in [0.15, 0.2) is 0 Å². The summed E-state index contributed by atoms with van der Waals surface area (Å²) in [7, 11) is 0. The number of rotatable bonds is 2. The van der Waals surface area contributed by atoms with Crippen LogP contribution in [-0.2, 0) is 6.42 Å². The molecule has 0 aliphatic rings. The van der Waals surface area contributed by atoms with Crippen molar-refractivity contribution in [3.8, 4) is 0 Å². The van der Waals surface area contributed by atoms with Crippen LogP contribution in [0.5, 0.6) is 0 Å². The minimum atomic E-state index is 0.261. The van der Waals surface area contributed by atoms with Crippen LogP contribution >= 0.6 is 0 Å². The second kappa shape index (κ2) is 3.54. The number of benzene rings is 1. The van der Waals surface area contributed by atoms with Crippen LogP contribution in [0, 0.1) is 6.92 Å². The largest absolute Gasteiger partial charge is 0.328 e. The Hall–Kier alpha value is -0.820. The van der Waals surface area contributed by atoms with E-state index in [1.54, 1.807) is 0 Å². The molecule has 1 atom stereocenters. The lowest BCUT2D eigenvalue weighted by Gasteiger charge is -2.04. The normalized spacial score (nSPS) is 13.0. The van der Waals surface area contributed by atoms with Crippen molar-refractivity contribution in [2.75, 3.05) is 0 Å². The van der Waals surface area contributed by atoms with Crippen molar-refractivity contribution in [1.82, 2.24) is 0 Å². The molecule has 0 spiro atoms. The van der Waals surface area contributed by atoms with Crippen molar-refractivity contribution in [3.63, 3.8) is 0 Å². The van der Waals surface area contributed by atoms with E-state index in [1.165, 1.54) is 11.1 Å². The molecule has 0 saturated heterocycles. The highest BCUT2D eigenvalue weighted by Gasteiger charge is 1.96. The first-order chi connectivity index (χ1) is 5.18. The summed E-state index contributed by atoms with van der Waals surface area (Å²) in [5.74, 6) is 0. The molecule has 1 heteroatoms. The summed E-state index contributed by atoms with van der Waals surface area (Å²) in [5, 5.41) is 0. The van der Waals surface area contributed by atoms with Crippen molar-refractivity contribution in [2.24, 2.45) is 5.73 Å². The second-order valence-electron chi connectivity index (χ2n) is 3.17. The molecule has 60 valence electrons. The topological polar surface area (TPSA) is 26.0 Å². The van der Waals surface area contributed by atoms with Gasteiger partial charge in [0.1, 0.15) is 0 Å². The van der Waals surface area contributed by atoms with Gasteiger partial charge in [-0.2, -0.15) is 0 Å². The Morgan fingerprint density at radius 1 is 1.45 bits per heavy atom. The quantitative estimate of drug-likeness (QED) is 0.682. The van der Waals surface area contributed by atoms with Crippen LogP contribution in [0.25, 0.3) is 0 Å². The van der Waals surface area contributed by atoms with Gasteiger partial charge in [0.2, 0.25) is 0 Å². The summed E-state index contributed by atoms with van der Waals surface area (Å²) in [5.41, 5.74) is 8.32. The predicted octanol–water partition coefficient (Wildman–Crippen LogP) is 1.88.